The SMILES string of the molecule is Cc1ccc(OCc2nc(C)c(-c3cccc(-c4ccc(C(=O)O)c(O)c4)c3)s2)nc1. The van der Waals surface area contributed by atoms with E-state index in [0.717, 1.165) is 37.8 Å². The van der Waals surface area contributed by atoms with Gasteiger partial charge in [-0.3, -0.25) is 0 Å². The molecule has 0 spiro atoms. The monoisotopic (exact) mass is 432 g/mol. The molecule has 0 atom stereocenters. The number of benzene rings is 2. The van der Waals surface area contributed by atoms with Gasteiger partial charge in [0.05, 0.1) is 10.6 Å². The van der Waals surface area contributed by atoms with Crippen LogP contribution in [0, 0.1) is 13.8 Å². The molecule has 156 valence electrons. The minimum absolute atomic E-state index is 0.120. The first kappa shape index (κ1) is 20.6. The van der Waals surface area contributed by atoms with Gasteiger partial charge in [0.15, 0.2) is 0 Å². The van der Waals surface area contributed by atoms with Gasteiger partial charge in [-0.1, -0.05) is 30.3 Å². The van der Waals surface area contributed by atoms with Crippen molar-refractivity contribution in [1.29, 1.82) is 0 Å². The number of rotatable bonds is 6. The summed E-state index contributed by atoms with van der Waals surface area (Å²) in [4.78, 5) is 21.0. The summed E-state index contributed by atoms with van der Waals surface area (Å²) in [7, 11) is 0. The second-order valence-electron chi connectivity index (χ2n) is 7.10. The van der Waals surface area contributed by atoms with Crippen LogP contribution in [0.15, 0.2) is 60.8 Å². The molecule has 0 amide bonds. The Morgan fingerprint density at radius 2 is 1.81 bits per heavy atom. The third-order valence-corrected chi connectivity index (χ3v) is 5.93. The van der Waals surface area contributed by atoms with Gasteiger partial charge in [-0.25, -0.2) is 14.8 Å². The lowest BCUT2D eigenvalue weighted by atomic mass is 10.0. The summed E-state index contributed by atoms with van der Waals surface area (Å²) < 4.78 is 5.75. The van der Waals surface area contributed by atoms with E-state index in [2.05, 4.69) is 9.97 Å². The molecule has 0 unspecified atom stereocenters. The van der Waals surface area contributed by atoms with E-state index in [9.17, 15) is 9.90 Å². The van der Waals surface area contributed by atoms with Gasteiger partial charge in [-0.15, -0.1) is 11.3 Å². The number of hydrogen-bond donors (Lipinski definition) is 2. The number of carbonyl (C=O) groups is 1. The standard InChI is InChI=1S/C24H20N2O4S/c1-14-6-9-21(25-12-14)30-13-22-26-15(2)23(31-22)18-5-3-4-16(10-18)17-7-8-19(24(28)29)20(27)11-17/h3-12,27H,13H2,1-2H3,(H,28,29). The van der Waals surface area contributed by atoms with E-state index in [-0.39, 0.29) is 11.3 Å². The fourth-order valence-electron chi connectivity index (χ4n) is 3.19. The fraction of sp³-hybridized carbons (Fsp3) is 0.125. The van der Waals surface area contributed by atoms with Crippen molar-refractivity contribution < 1.29 is 19.7 Å². The summed E-state index contributed by atoms with van der Waals surface area (Å²) in [5.41, 5.74) is 4.46. The Balaban J connectivity index is 1.57. The molecule has 2 N–H and O–H groups in total. The molecule has 0 fully saturated rings. The van der Waals surface area contributed by atoms with E-state index in [0.29, 0.717) is 12.5 Å². The highest BCUT2D eigenvalue weighted by Crippen LogP contribution is 2.34. The zero-order valence-electron chi connectivity index (χ0n) is 17.0. The van der Waals surface area contributed by atoms with Crippen LogP contribution in [0.1, 0.15) is 26.6 Å². The minimum Gasteiger partial charge on any atom is -0.507 e. The maximum Gasteiger partial charge on any atom is 0.339 e. The van der Waals surface area contributed by atoms with E-state index in [1.807, 2.05) is 50.2 Å². The fourth-order valence-corrected chi connectivity index (χ4v) is 4.16. The van der Waals surface area contributed by atoms with Crippen molar-refractivity contribution in [1.82, 2.24) is 9.97 Å². The number of ether oxygens (including phenoxy) is 1. The highest BCUT2D eigenvalue weighted by atomic mass is 32.1. The molecule has 0 saturated heterocycles. The number of aromatic hydroxyl groups is 1. The molecule has 7 heteroatoms. The number of pyridine rings is 1. The normalized spacial score (nSPS) is 10.8. The van der Waals surface area contributed by atoms with Crippen LogP contribution in [0.4, 0.5) is 0 Å². The highest BCUT2D eigenvalue weighted by Gasteiger charge is 2.13. The lowest BCUT2D eigenvalue weighted by Crippen LogP contribution is -1.96. The van der Waals surface area contributed by atoms with Crippen LogP contribution >= 0.6 is 11.3 Å². The molecular weight excluding hydrogens is 412 g/mol. The Morgan fingerprint density at radius 3 is 2.52 bits per heavy atom. The number of aryl methyl sites for hydroxylation is 2. The van der Waals surface area contributed by atoms with E-state index in [4.69, 9.17) is 9.84 Å². The topological polar surface area (TPSA) is 92.5 Å². The van der Waals surface area contributed by atoms with Crippen molar-refractivity contribution in [3.8, 4) is 33.2 Å². The van der Waals surface area contributed by atoms with Crippen LogP contribution in [0.3, 0.4) is 0 Å². The van der Waals surface area contributed by atoms with Crippen LogP contribution in [0.25, 0.3) is 21.6 Å². The number of aromatic nitrogens is 2. The van der Waals surface area contributed by atoms with Crippen molar-refractivity contribution >= 4 is 17.3 Å². The molecule has 0 aliphatic rings. The highest BCUT2D eigenvalue weighted by molar-refractivity contribution is 7.15. The Kier molecular flexibility index (Phi) is 5.68. The Hall–Kier alpha value is -3.71. The lowest BCUT2D eigenvalue weighted by molar-refractivity contribution is 0.0694. The van der Waals surface area contributed by atoms with Gasteiger partial charge < -0.3 is 14.9 Å². The van der Waals surface area contributed by atoms with E-state index < -0.39 is 5.97 Å². The first-order valence-electron chi connectivity index (χ1n) is 9.59. The van der Waals surface area contributed by atoms with Gasteiger partial charge in [0.25, 0.3) is 0 Å². The van der Waals surface area contributed by atoms with Crippen LogP contribution < -0.4 is 4.74 Å². The average Bonchev–Trinajstić information content (AvgIpc) is 3.13. The molecule has 31 heavy (non-hydrogen) atoms. The summed E-state index contributed by atoms with van der Waals surface area (Å²) in [5, 5.41) is 20.0. The van der Waals surface area contributed by atoms with Crippen LogP contribution in [0.5, 0.6) is 11.6 Å². The number of carboxylic acids is 1. The minimum atomic E-state index is -1.16. The van der Waals surface area contributed by atoms with Crippen molar-refractivity contribution in [3.05, 3.63) is 82.6 Å². The summed E-state index contributed by atoms with van der Waals surface area (Å²) in [6.07, 6.45) is 1.76. The first-order chi connectivity index (χ1) is 14.9. The number of aromatic carboxylic acids is 1. The van der Waals surface area contributed by atoms with Crippen molar-refractivity contribution in [3.63, 3.8) is 0 Å². The first-order valence-corrected chi connectivity index (χ1v) is 10.4. The van der Waals surface area contributed by atoms with E-state index in [1.165, 1.54) is 12.1 Å². The zero-order chi connectivity index (χ0) is 22.0. The van der Waals surface area contributed by atoms with Crippen LogP contribution in [-0.2, 0) is 6.61 Å². The third-order valence-electron chi connectivity index (χ3n) is 4.75. The number of hydrogen-bond acceptors (Lipinski definition) is 6. The maximum atomic E-state index is 11.1. The molecule has 0 radical (unpaired) electrons. The summed E-state index contributed by atoms with van der Waals surface area (Å²) in [5.74, 6) is -0.853. The predicted molar refractivity (Wildman–Crippen MR) is 120 cm³/mol. The zero-order valence-corrected chi connectivity index (χ0v) is 17.8. The van der Waals surface area contributed by atoms with Crippen molar-refractivity contribution in [2.45, 2.75) is 20.5 Å². The van der Waals surface area contributed by atoms with Gasteiger partial charge in [0.2, 0.25) is 5.88 Å². The maximum absolute atomic E-state index is 11.1. The third kappa shape index (κ3) is 4.57. The summed E-state index contributed by atoms with van der Waals surface area (Å²) in [6.45, 7) is 4.27. The summed E-state index contributed by atoms with van der Waals surface area (Å²) >= 11 is 1.56. The molecule has 0 aliphatic heterocycles. The molecule has 2 aromatic heterocycles. The molecule has 2 aromatic carbocycles. The molecule has 6 nitrogen and oxygen atoms in total. The molecule has 0 bridgehead atoms. The lowest BCUT2D eigenvalue weighted by Gasteiger charge is -2.07. The van der Waals surface area contributed by atoms with Gasteiger partial charge >= 0.3 is 5.97 Å². The van der Waals surface area contributed by atoms with Gasteiger partial charge in [0, 0.05) is 12.3 Å². The largest absolute Gasteiger partial charge is 0.507 e. The molecule has 2 heterocycles. The number of thiazole rings is 1. The molecular formula is C24H20N2O4S. The Bertz CT molecular complexity index is 1250. The number of nitrogens with zero attached hydrogens (tertiary/aromatic N) is 2. The second kappa shape index (κ2) is 8.57. The van der Waals surface area contributed by atoms with Crippen LogP contribution in [-0.4, -0.2) is 26.2 Å². The van der Waals surface area contributed by atoms with Crippen molar-refractivity contribution in [2.75, 3.05) is 0 Å². The molecule has 0 aliphatic carbocycles. The molecule has 0 saturated carbocycles. The Labute approximate surface area is 183 Å². The van der Waals surface area contributed by atoms with Gasteiger partial charge in [-0.05, 0) is 54.3 Å². The summed E-state index contributed by atoms with van der Waals surface area (Å²) in [6, 6.07) is 16.2. The average molecular weight is 433 g/mol. The Morgan fingerprint density at radius 1 is 1.03 bits per heavy atom. The van der Waals surface area contributed by atoms with Crippen molar-refractivity contribution in [2.24, 2.45) is 0 Å². The predicted octanol–water partition coefficient (Wildman–Crippen LogP) is 5.47. The molecule has 4 aromatic rings. The smallest absolute Gasteiger partial charge is 0.339 e. The molecule has 4 rings (SSSR count). The van der Waals surface area contributed by atoms with E-state index in [1.54, 1.807) is 23.6 Å². The van der Waals surface area contributed by atoms with Crippen LogP contribution in [0.2, 0.25) is 0 Å². The second-order valence-corrected chi connectivity index (χ2v) is 8.19. The number of phenols is 1. The van der Waals surface area contributed by atoms with Gasteiger partial charge in [0.1, 0.15) is 22.9 Å². The van der Waals surface area contributed by atoms with E-state index >= 15 is 0 Å². The van der Waals surface area contributed by atoms with Gasteiger partial charge in [-0.2, -0.15) is 0 Å². The number of carboxylic acid groups (broad SMARTS) is 1. The quantitative estimate of drug-likeness (QED) is 0.420.